The number of carbonyl (C=O) groups is 2. The minimum absolute atomic E-state index is 0.139. The normalized spacial score (nSPS) is 14.8. The molecule has 2 heterocycles. The molecule has 7 nitrogen and oxygen atoms in total. The minimum atomic E-state index is -0.304. The van der Waals surface area contributed by atoms with Gasteiger partial charge < -0.3 is 4.90 Å². The molecule has 1 aromatic heterocycles. The van der Waals surface area contributed by atoms with Crippen LogP contribution in [0.5, 0.6) is 0 Å². The Labute approximate surface area is 161 Å². The molecule has 2 N–H and O–H groups in total. The number of nitrogens with one attached hydrogen (secondary N) is 2. The van der Waals surface area contributed by atoms with Gasteiger partial charge in [0.05, 0.1) is 18.7 Å². The van der Waals surface area contributed by atoms with Crippen LogP contribution in [0.3, 0.4) is 0 Å². The van der Waals surface area contributed by atoms with Crippen LogP contribution < -0.4 is 15.8 Å². The maximum Gasteiger partial charge on any atom is 0.252 e. The summed E-state index contributed by atoms with van der Waals surface area (Å²) in [5.74, 6) is -0.818. The van der Waals surface area contributed by atoms with Crippen molar-refractivity contribution in [2.24, 2.45) is 0 Å². The van der Waals surface area contributed by atoms with Gasteiger partial charge in [-0.2, -0.15) is 0 Å². The van der Waals surface area contributed by atoms with E-state index < -0.39 is 0 Å². The average molecular weight is 391 g/mol. The Kier molecular flexibility index (Phi) is 6.36. The van der Waals surface area contributed by atoms with Gasteiger partial charge >= 0.3 is 0 Å². The summed E-state index contributed by atoms with van der Waals surface area (Å²) >= 11 is 1.42. The third-order valence-corrected chi connectivity index (χ3v) is 5.22. The number of hydrazine groups is 1. The molecule has 1 aromatic carbocycles. The van der Waals surface area contributed by atoms with Crippen molar-refractivity contribution in [3.05, 3.63) is 46.2 Å². The van der Waals surface area contributed by atoms with E-state index >= 15 is 0 Å². The zero-order valence-corrected chi connectivity index (χ0v) is 15.9. The van der Waals surface area contributed by atoms with E-state index in [0.717, 1.165) is 5.69 Å². The second-order valence-corrected chi connectivity index (χ2v) is 7.31. The number of rotatable bonds is 5. The van der Waals surface area contributed by atoms with Crippen molar-refractivity contribution in [1.82, 2.24) is 20.7 Å². The Morgan fingerprint density at radius 1 is 1.15 bits per heavy atom. The number of amides is 2. The van der Waals surface area contributed by atoms with Gasteiger partial charge in [0.2, 0.25) is 5.91 Å². The zero-order chi connectivity index (χ0) is 19.2. The maximum absolute atomic E-state index is 13.9. The molecule has 0 spiro atoms. The van der Waals surface area contributed by atoms with Gasteiger partial charge in [-0.3, -0.25) is 25.3 Å². The third-order valence-electron chi connectivity index (χ3n) is 4.25. The van der Waals surface area contributed by atoms with Crippen molar-refractivity contribution in [1.29, 1.82) is 0 Å². The van der Waals surface area contributed by atoms with Crippen LogP contribution in [0, 0.1) is 12.7 Å². The fourth-order valence-electron chi connectivity index (χ4n) is 2.90. The number of hydrogen-bond donors (Lipinski definition) is 2. The quantitative estimate of drug-likeness (QED) is 0.747. The molecule has 0 bridgehead atoms. The van der Waals surface area contributed by atoms with Crippen molar-refractivity contribution >= 4 is 28.8 Å². The number of hydrogen-bond acceptors (Lipinski definition) is 6. The molecule has 3 rings (SSSR count). The molecule has 2 amide bonds. The fraction of sp³-hybridized carbons (Fsp3) is 0.389. The largest absolute Gasteiger partial charge is 0.367 e. The van der Waals surface area contributed by atoms with Gasteiger partial charge in [0.15, 0.2) is 0 Å². The summed E-state index contributed by atoms with van der Waals surface area (Å²) in [7, 11) is 0. The lowest BCUT2D eigenvalue weighted by Gasteiger charge is -2.35. The van der Waals surface area contributed by atoms with Gasteiger partial charge in [0, 0.05) is 37.3 Å². The highest BCUT2D eigenvalue weighted by atomic mass is 32.1. The monoisotopic (exact) mass is 391 g/mol. The molecule has 1 saturated heterocycles. The minimum Gasteiger partial charge on any atom is -0.367 e. The molecular weight excluding hydrogens is 369 g/mol. The summed E-state index contributed by atoms with van der Waals surface area (Å²) in [6.45, 7) is 4.63. The highest BCUT2D eigenvalue weighted by Gasteiger charge is 2.21. The number of carbonyl (C=O) groups excluding carboxylic acids is 2. The van der Waals surface area contributed by atoms with Crippen LogP contribution in [0.4, 0.5) is 10.1 Å². The first-order chi connectivity index (χ1) is 13.0. The lowest BCUT2D eigenvalue weighted by Crippen LogP contribution is -2.52. The molecule has 0 atom stereocenters. The van der Waals surface area contributed by atoms with Crippen molar-refractivity contribution in [2.75, 3.05) is 37.6 Å². The van der Waals surface area contributed by atoms with Gasteiger partial charge in [-0.05, 0) is 19.1 Å². The first-order valence-corrected chi connectivity index (χ1v) is 9.60. The first kappa shape index (κ1) is 19.2. The molecule has 0 saturated carbocycles. The van der Waals surface area contributed by atoms with Gasteiger partial charge in [-0.15, -0.1) is 11.3 Å². The lowest BCUT2D eigenvalue weighted by molar-refractivity contribution is -0.129. The van der Waals surface area contributed by atoms with Crippen LogP contribution in [0.15, 0.2) is 29.6 Å². The summed E-state index contributed by atoms with van der Waals surface area (Å²) < 4.78 is 13.9. The summed E-state index contributed by atoms with van der Waals surface area (Å²) in [4.78, 5) is 32.0. The van der Waals surface area contributed by atoms with Gasteiger partial charge in [-0.1, -0.05) is 12.1 Å². The highest BCUT2D eigenvalue weighted by Crippen LogP contribution is 2.19. The van der Waals surface area contributed by atoms with E-state index in [1.54, 1.807) is 12.1 Å². The summed E-state index contributed by atoms with van der Waals surface area (Å²) in [5.41, 5.74) is 6.31. The number of piperazine rings is 1. The predicted octanol–water partition coefficient (Wildman–Crippen LogP) is 1.10. The molecule has 0 unspecified atom stereocenters. The van der Waals surface area contributed by atoms with E-state index in [0.29, 0.717) is 36.9 Å². The molecule has 9 heteroatoms. The number of halogens is 1. The molecule has 2 aromatic rings. The Balaban J connectivity index is 1.38. The number of aromatic nitrogens is 1. The molecule has 144 valence electrons. The Morgan fingerprint density at radius 2 is 1.85 bits per heavy atom. The molecule has 27 heavy (non-hydrogen) atoms. The fourth-order valence-corrected chi connectivity index (χ4v) is 3.67. The zero-order valence-electron chi connectivity index (χ0n) is 15.1. The summed E-state index contributed by atoms with van der Waals surface area (Å²) in [6.07, 6.45) is 0.139. The van der Waals surface area contributed by atoms with Crippen LogP contribution >= 0.6 is 11.3 Å². The van der Waals surface area contributed by atoms with Crippen molar-refractivity contribution in [2.45, 2.75) is 13.3 Å². The topological polar surface area (TPSA) is 77.6 Å². The number of thiazole rings is 1. The second kappa shape index (κ2) is 8.92. The van der Waals surface area contributed by atoms with Gasteiger partial charge in [0.1, 0.15) is 10.8 Å². The van der Waals surface area contributed by atoms with Crippen LogP contribution in [0.25, 0.3) is 0 Å². The number of para-hydroxylation sites is 1. The smallest absolute Gasteiger partial charge is 0.252 e. The SMILES string of the molecule is Cc1csc(CC(=O)NNC(=O)CN2CCN(c3ccccc3F)CC2)n1. The number of anilines is 1. The Bertz CT molecular complexity index is 805. The van der Waals surface area contributed by atoms with Crippen LogP contribution in [-0.4, -0.2) is 54.4 Å². The van der Waals surface area contributed by atoms with E-state index in [2.05, 4.69) is 15.8 Å². The third kappa shape index (κ3) is 5.48. The number of aryl methyl sites for hydroxylation is 1. The van der Waals surface area contributed by atoms with E-state index in [-0.39, 0.29) is 30.6 Å². The lowest BCUT2D eigenvalue weighted by atomic mass is 10.2. The van der Waals surface area contributed by atoms with Crippen molar-refractivity contribution in [3.63, 3.8) is 0 Å². The van der Waals surface area contributed by atoms with Gasteiger partial charge in [0.25, 0.3) is 5.91 Å². The molecule has 0 radical (unpaired) electrons. The molecule has 1 aliphatic heterocycles. The van der Waals surface area contributed by atoms with E-state index in [4.69, 9.17) is 0 Å². The van der Waals surface area contributed by atoms with E-state index in [1.807, 2.05) is 28.2 Å². The van der Waals surface area contributed by atoms with Crippen LogP contribution in [-0.2, 0) is 16.0 Å². The molecule has 1 aliphatic rings. The first-order valence-electron chi connectivity index (χ1n) is 8.72. The van der Waals surface area contributed by atoms with Crippen LogP contribution in [0.1, 0.15) is 10.7 Å². The molecule has 0 aliphatic carbocycles. The maximum atomic E-state index is 13.9. The Hall–Kier alpha value is -2.52. The standard InChI is InChI=1S/C18H22FN5O2S/c1-13-12-27-18(20-13)10-16(25)21-22-17(26)11-23-6-8-24(9-7-23)15-5-3-2-4-14(15)19/h2-5,12H,6-11H2,1H3,(H,21,25)(H,22,26). The Morgan fingerprint density at radius 3 is 2.52 bits per heavy atom. The van der Waals surface area contributed by atoms with Gasteiger partial charge in [-0.25, -0.2) is 9.37 Å². The van der Waals surface area contributed by atoms with Crippen molar-refractivity contribution < 1.29 is 14.0 Å². The second-order valence-electron chi connectivity index (χ2n) is 6.37. The number of benzene rings is 1. The summed E-state index contributed by atoms with van der Waals surface area (Å²) in [5, 5.41) is 2.59. The average Bonchev–Trinajstić information content (AvgIpc) is 3.06. The predicted molar refractivity (Wildman–Crippen MR) is 102 cm³/mol. The van der Waals surface area contributed by atoms with E-state index in [9.17, 15) is 14.0 Å². The highest BCUT2D eigenvalue weighted by molar-refractivity contribution is 7.09. The molecular formula is C18H22FN5O2S. The van der Waals surface area contributed by atoms with Crippen LogP contribution in [0.2, 0.25) is 0 Å². The number of nitrogens with zero attached hydrogens (tertiary/aromatic N) is 3. The summed E-state index contributed by atoms with van der Waals surface area (Å²) in [6, 6.07) is 6.69. The molecule has 1 fully saturated rings. The van der Waals surface area contributed by atoms with E-state index in [1.165, 1.54) is 17.4 Å². The van der Waals surface area contributed by atoms with Crippen molar-refractivity contribution in [3.8, 4) is 0 Å².